The molecule has 4 bridgehead atoms. The lowest BCUT2D eigenvalue weighted by Gasteiger charge is -2.63. The third-order valence-corrected chi connectivity index (χ3v) is 9.07. The SMILES string of the molecule is Cc1ccccc1N1C(C)c2c(oc3c2ccn3C)C12C1CC3CC(C1)CC2C3. The third-order valence-electron chi connectivity index (χ3n) is 9.07. The van der Waals surface area contributed by atoms with Crippen LogP contribution in [-0.4, -0.2) is 4.57 Å². The van der Waals surface area contributed by atoms with E-state index in [9.17, 15) is 0 Å². The zero-order valence-corrected chi connectivity index (χ0v) is 17.7. The minimum atomic E-state index is 0.0489. The van der Waals surface area contributed by atoms with E-state index < -0.39 is 0 Å². The number of furan rings is 1. The molecule has 1 aliphatic heterocycles. The van der Waals surface area contributed by atoms with Crippen LogP contribution in [0.15, 0.2) is 40.9 Å². The number of fused-ring (bicyclic) bond motifs is 3. The molecule has 29 heavy (non-hydrogen) atoms. The van der Waals surface area contributed by atoms with Gasteiger partial charge in [0.2, 0.25) is 5.71 Å². The van der Waals surface area contributed by atoms with Crippen molar-refractivity contribution in [2.24, 2.45) is 30.7 Å². The molecule has 0 amide bonds. The Bertz CT molecular complexity index is 1110. The molecule has 5 aliphatic rings. The molecule has 2 aromatic heterocycles. The van der Waals surface area contributed by atoms with Gasteiger partial charge in [-0.15, -0.1) is 0 Å². The Hall–Kier alpha value is -2.16. The van der Waals surface area contributed by atoms with Crippen LogP contribution in [0.4, 0.5) is 5.69 Å². The average Bonchev–Trinajstić information content (AvgIpc) is 3.31. The van der Waals surface area contributed by atoms with Gasteiger partial charge in [0, 0.05) is 29.9 Å². The molecule has 1 spiro atoms. The average molecular weight is 387 g/mol. The van der Waals surface area contributed by atoms with Crippen LogP contribution in [-0.2, 0) is 12.6 Å². The van der Waals surface area contributed by atoms with Crippen molar-refractivity contribution in [1.82, 2.24) is 4.57 Å². The van der Waals surface area contributed by atoms with Crippen LogP contribution in [0, 0.1) is 30.6 Å². The number of aromatic nitrogens is 1. The van der Waals surface area contributed by atoms with Crippen molar-refractivity contribution in [1.29, 1.82) is 0 Å². The summed E-state index contributed by atoms with van der Waals surface area (Å²) in [5.41, 5.74) is 5.40. The molecule has 0 saturated heterocycles. The molecule has 3 heteroatoms. The second kappa shape index (κ2) is 5.30. The molecule has 3 nitrogen and oxygen atoms in total. The summed E-state index contributed by atoms with van der Waals surface area (Å²) in [4.78, 5) is 2.83. The Morgan fingerprint density at radius 1 is 0.966 bits per heavy atom. The standard InChI is InChI=1S/C26H30N2O/c1-15-6-4-5-7-22(15)28-16(2)23-21-8-9-27(3)25(21)29-24(23)26(28)19-11-17-10-18(13-19)14-20(26)12-17/h4-9,16-20H,10-14H2,1-3H3. The van der Waals surface area contributed by atoms with Crippen LogP contribution in [0.1, 0.15) is 62.0 Å². The highest BCUT2D eigenvalue weighted by Gasteiger charge is 2.67. The van der Waals surface area contributed by atoms with E-state index in [2.05, 4.69) is 66.9 Å². The lowest BCUT2D eigenvalue weighted by Crippen LogP contribution is -2.62. The lowest BCUT2D eigenvalue weighted by molar-refractivity contribution is -0.0680. The number of nitrogens with zero attached hydrogens (tertiary/aromatic N) is 2. The van der Waals surface area contributed by atoms with E-state index in [1.807, 2.05) is 0 Å². The van der Waals surface area contributed by atoms with Crippen LogP contribution < -0.4 is 4.90 Å². The Morgan fingerprint density at radius 3 is 2.34 bits per heavy atom. The minimum Gasteiger partial charge on any atom is -0.442 e. The fourth-order valence-corrected chi connectivity index (χ4v) is 8.30. The number of rotatable bonds is 1. The van der Waals surface area contributed by atoms with Gasteiger partial charge >= 0.3 is 0 Å². The Labute approximate surface area is 172 Å². The van der Waals surface area contributed by atoms with Crippen LogP contribution in [0.2, 0.25) is 0 Å². The van der Waals surface area contributed by atoms with E-state index in [0.717, 1.165) is 29.4 Å². The molecule has 1 atom stereocenters. The van der Waals surface area contributed by atoms with Crippen LogP contribution in [0.3, 0.4) is 0 Å². The highest BCUT2D eigenvalue weighted by atomic mass is 16.4. The van der Waals surface area contributed by atoms with Gasteiger partial charge in [-0.3, -0.25) is 0 Å². The maximum Gasteiger partial charge on any atom is 0.207 e. The first-order valence-electron chi connectivity index (χ1n) is 11.5. The van der Waals surface area contributed by atoms with Gasteiger partial charge in [0.15, 0.2) is 0 Å². The predicted octanol–water partition coefficient (Wildman–Crippen LogP) is 6.31. The molecule has 4 aliphatic carbocycles. The molecule has 1 unspecified atom stereocenters. The molecule has 150 valence electrons. The van der Waals surface area contributed by atoms with Crippen LogP contribution in [0.25, 0.3) is 11.1 Å². The summed E-state index contributed by atoms with van der Waals surface area (Å²) in [6, 6.07) is 11.7. The van der Waals surface area contributed by atoms with Gasteiger partial charge in [-0.1, -0.05) is 18.2 Å². The van der Waals surface area contributed by atoms with Crippen LogP contribution >= 0.6 is 0 Å². The van der Waals surface area contributed by atoms with Gasteiger partial charge in [0.25, 0.3) is 0 Å². The molecule has 8 rings (SSSR count). The number of aryl methyl sites for hydroxylation is 2. The largest absolute Gasteiger partial charge is 0.442 e. The van der Waals surface area contributed by atoms with Crippen molar-refractivity contribution in [2.75, 3.05) is 4.90 Å². The number of benzene rings is 1. The fraction of sp³-hybridized carbons (Fsp3) is 0.538. The van der Waals surface area contributed by atoms with Gasteiger partial charge in [-0.25, -0.2) is 0 Å². The normalized spacial score (nSPS) is 37.2. The fourth-order valence-electron chi connectivity index (χ4n) is 8.30. The van der Waals surface area contributed by atoms with E-state index in [1.54, 1.807) is 0 Å². The first-order valence-corrected chi connectivity index (χ1v) is 11.5. The van der Waals surface area contributed by atoms with E-state index >= 15 is 0 Å². The molecular weight excluding hydrogens is 356 g/mol. The van der Waals surface area contributed by atoms with E-state index in [0.29, 0.717) is 6.04 Å². The van der Waals surface area contributed by atoms with Gasteiger partial charge < -0.3 is 13.9 Å². The lowest BCUT2D eigenvalue weighted by atomic mass is 9.48. The summed E-state index contributed by atoms with van der Waals surface area (Å²) >= 11 is 0. The molecule has 0 N–H and O–H groups in total. The molecular formula is C26H30N2O. The maximum atomic E-state index is 6.84. The summed E-state index contributed by atoms with van der Waals surface area (Å²) in [6.45, 7) is 4.71. The van der Waals surface area contributed by atoms with Crippen molar-refractivity contribution >= 4 is 16.8 Å². The van der Waals surface area contributed by atoms with Gasteiger partial charge in [-0.05, 0) is 87.3 Å². The highest BCUT2D eigenvalue weighted by molar-refractivity contribution is 5.84. The minimum absolute atomic E-state index is 0.0489. The predicted molar refractivity (Wildman–Crippen MR) is 116 cm³/mol. The zero-order chi connectivity index (χ0) is 19.5. The molecule has 4 fully saturated rings. The summed E-state index contributed by atoms with van der Waals surface area (Å²) in [6.07, 6.45) is 9.19. The summed E-state index contributed by atoms with van der Waals surface area (Å²) in [5, 5.41) is 1.33. The van der Waals surface area contributed by atoms with E-state index in [1.165, 1.54) is 60.1 Å². The number of hydrogen-bond acceptors (Lipinski definition) is 2. The highest BCUT2D eigenvalue weighted by Crippen LogP contribution is 2.69. The second-order valence-corrected chi connectivity index (χ2v) is 10.5. The van der Waals surface area contributed by atoms with Crippen molar-refractivity contribution < 1.29 is 4.42 Å². The number of hydrogen-bond donors (Lipinski definition) is 0. The van der Waals surface area contributed by atoms with E-state index in [-0.39, 0.29) is 5.54 Å². The van der Waals surface area contributed by atoms with Crippen molar-refractivity contribution in [3.63, 3.8) is 0 Å². The summed E-state index contributed by atoms with van der Waals surface area (Å²) < 4.78 is 9.01. The van der Waals surface area contributed by atoms with Crippen molar-refractivity contribution in [2.45, 2.75) is 57.5 Å². The van der Waals surface area contributed by atoms with Gasteiger partial charge in [0.1, 0.15) is 11.3 Å². The molecule has 0 radical (unpaired) electrons. The topological polar surface area (TPSA) is 21.3 Å². The molecule has 4 saturated carbocycles. The molecule has 1 aromatic carbocycles. The van der Waals surface area contributed by atoms with Crippen molar-refractivity contribution in [3.05, 3.63) is 53.4 Å². The number of para-hydroxylation sites is 1. The monoisotopic (exact) mass is 386 g/mol. The van der Waals surface area contributed by atoms with Gasteiger partial charge in [-0.2, -0.15) is 0 Å². The Kier molecular flexibility index (Phi) is 3.04. The Balaban J connectivity index is 1.54. The number of anilines is 1. The Morgan fingerprint density at radius 2 is 1.66 bits per heavy atom. The first-order chi connectivity index (χ1) is 14.1. The third kappa shape index (κ3) is 1.82. The van der Waals surface area contributed by atoms with E-state index in [4.69, 9.17) is 4.42 Å². The first kappa shape index (κ1) is 16.6. The molecule has 3 heterocycles. The van der Waals surface area contributed by atoms with Crippen LogP contribution in [0.5, 0.6) is 0 Å². The quantitative estimate of drug-likeness (QED) is 0.488. The molecule has 3 aromatic rings. The second-order valence-electron chi connectivity index (χ2n) is 10.5. The summed E-state index contributed by atoms with van der Waals surface area (Å²) in [7, 11) is 2.12. The maximum absolute atomic E-state index is 6.84. The zero-order valence-electron chi connectivity index (χ0n) is 17.7. The summed E-state index contributed by atoms with van der Waals surface area (Å²) in [5.74, 6) is 4.67. The van der Waals surface area contributed by atoms with Crippen molar-refractivity contribution in [3.8, 4) is 0 Å². The smallest absolute Gasteiger partial charge is 0.207 e. The van der Waals surface area contributed by atoms with Gasteiger partial charge in [0.05, 0.1) is 6.04 Å².